The molecule has 0 aliphatic carbocycles. The maximum absolute atomic E-state index is 5.38. The lowest BCUT2D eigenvalue weighted by Crippen LogP contribution is -1.70. The zero-order valence-corrected chi connectivity index (χ0v) is 9.24. The van der Waals surface area contributed by atoms with Crippen LogP contribution in [0.15, 0.2) is 0 Å². The van der Waals surface area contributed by atoms with Crippen LogP contribution in [-0.2, 0) is 0 Å². The Morgan fingerprint density at radius 2 is 1.60 bits per heavy atom. The molecule has 0 aromatic rings. The second-order valence-electron chi connectivity index (χ2n) is 1.87. The Kier molecular flexibility index (Phi) is 22.5. The van der Waals surface area contributed by atoms with Gasteiger partial charge in [-0.25, -0.2) is 0 Å². The molecule has 0 radical (unpaired) electrons. The van der Waals surface area contributed by atoms with Gasteiger partial charge in [0.15, 0.2) is 0 Å². The Balaban J connectivity index is 0. The van der Waals surface area contributed by atoms with Gasteiger partial charge in [0, 0.05) is 11.8 Å². The third kappa shape index (κ3) is 23.0. The summed E-state index contributed by atoms with van der Waals surface area (Å²) in [6.07, 6.45) is 4.73. The van der Waals surface area contributed by atoms with Gasteiger partial charge in [0.2, 0.25) is 0 Å². The second kappa shape index (κ2) is 16.5. The maximum atomic E-state index is 5.38. The topological polar surface area (TPSA) is 0 Å². The van der Waals surface area contributed by atoms with E-state index in [0.29, 0.717) is 0 Å². The van der Waals surface area contributed by atoms with Crippen LogP contribution in [0.25, 0.3) is 0 Å². The highest BCUT2D eigenvalue weighted by atomic mass is 35.5. The third-order valence-electron chi connectivity index (χ3n) is 0.846. The summed E-state index contributed by atoms with van der Waals surface area (Å²) in [6.45, 7) is 2.17. The molecule has 0 spiro atoms. The molecule has 0 heterocycles. The van der Waals surface area contributed by atoms with Crippen molar-refractivity contribution in [3.05, 3.63) is 0 Å². The molecular weight excluding hydrogens is 186 g/mol. The van der Waals surface area contributed by atoms with Crippen molar-refractivity contribution >= 4 is 32.4 Å². The second-order valence-corrected chi connectivity index (χ2v) is 3.21. The fraction of sp³-hybridized carbons (Fsp3) is 1.00. The molecule has 0 fully saturated rings. The summed E-state index contributed by atoms with van der Waals surface area (Å²) < 4.78 is 0. The summed E-state index contributed by atoms with van der Waals surface area (Å²) in [7, 11) is 2.52. The Labute approximate surface area is 76.9 Å². The fourth-order valence-electron chi connectivity index (χ4n) is 0.344. The largest absolute Gasteiger partial charge is 0.136 e. The van der Waals surface area contributed by atoms with Crippen LogP contribution in [0.1, 0.15) is 26.2 Å². The summed E-state index contributed by atoms with van der Waals surface area (Å²) in [5.41, 5.74) is 0. The highest BCUT2D eigenvalue weighted by Crippen LogP contribution is 1.93. The Bertz CT molecular complexity index is 36.6. The Morgan fingerprint density at radius 1 is 1.10 bits per heavy atom. The van der Waals surface area contributed by atoms with E-state index in [1.165, 1.54) is 19.3 Å². The molecule has 3 heteroatoms. The van der Waals surface area contributed by atoms with Gasteiger partial charge in [0.1, 0.15) is 0 Å². The van der Waals surface area contributed by atoms with Gasteiger partial charge in [0.25, 0.3) is 0 Å². The van der Waals surface area contributed by atoms with E-state index in [-0.39, 0.29) is 0 Å². The molecule has 0 rings (SSSR count). The summed E-state index contributed by atoms with van der Waals surface area (Å²) >= 11 is 10.5. The first-order chi connectivity index (χ1) is 4.83. The van der Waals surface area contributed by atoms with Crippen LogP contribution in [0, 0.1) is 0 Å². The van der Waals surface area contributed by atoms with Gasteiger partial charge in [0.05, 0.1) is 0 Å². The van der Waals surface area contributed by atoms with E-state index in [1.807, 2.05) is 0 Å². The lowest BCUT2D eigenvalue weighted by Gasteiger charge is -1.84. The average molecular weight is 203 g/mol. The number of unbranched alkanes of at least 4 members (excludes halogenated alkanes) is 2. The van der Waals surface area contributed by atoms with Crippen LogP contribution in [0.5, 0.6) is 0 Å². The van der Waals surface area contributed by atoms with Crippen LogP contribution in [0.2, 0.25) is 0 Å². The molecule has 1 atom stereocenters. The van der Waals surface area contributed by atoms with Gasteiger partial charge < -0.3 is 0 Å². The number of hydrogen-bond acceptors (Lipinski definition) is 0. The van der Waals surface area contributed by atoms with Crippen LogP contribution < -0.4 is 0 Å². The number of rotatable bonds is 4. The van der Waals surface area contributed by atoms with Gasteiger partial charge in [-0.2, -0.15) is 0 Å². The van der Waals surface area contributed by atoms with Crippen molar-refractivity contribution < 1.29 is 0 Å². The van der Waals surface area contributed by atoms with Gasteiger partial charge in [-0.15, -0.1) is 32.4 Å². The molecule has 0 bridgehead atoms. The van der Waals surface area contributed by atoms with Crippen LogP contribution in [0.3, 0.4) is 0 Å². The Hall–Kier alpha value is 1.01. The number of hydrogen-bond donors (Lipinski definition) is 0. The highest BCUT2D eigenvalue weighted by molar-refractivity contribution is 7.16. The van der Waals surface area contributed by atoms with Crippen LogP contribution >= 0.6 is 32.4 Å². The molecule has 1 unspecified atom stereocenters. The van der Waals surface area contributed by atoms with Crippen molar-refractivity contribution in [2.75, 3.05) is 17.9 Å². The molecule has 0 aromatic heterocycles. The minimum Gasteiger partial charge on any atom is -0.136 e. The molecular formula is C7H17Cl2P. The standard InChI is InChI=1S/C5H11Cl.C2H6ClP/c1-2-3-4-5-6;3-1-2-4/h2-5H2,1H3;1-2,4H2. The fourth-order valence-corrected chi connectivity index (χ4v) is 0.533. The summed E-state index contributed by atoms with van der Waals surface area (Å²) in [6, 6.07) is 0. The minimum absolute atomic E-state index is 0.755. The van der Waals surface area contributed by atoms with Crippen molar-refractivity contribution in [1.29, 1.82) is 0 Å². The molecule has 0 saturated carbocycles. The lowest BCUT2D eigenvalue weighted by atomic mass is 10.3. The summed E-state index contributed by atoms with van der Waals surface area (Å²) in [5, 5.41) is 0. The maximum Gasteiger partial charge on any atom is 0.0258 e. The van der Waals surface area contributed by atoms with E-state index in [1.54, 1.807) is 0 Å². The predicted molar refractivity (Wildman–Crippen MR) is 55.5 cm³/mol. The summed E-state index contributed by atoms with van der Waals surface area (Å²) in [5.74, 6) is 1.58. The van der Waals surface area contributed by atoms with Gasteiger partial charge in [-0.3, -0.25) is 0 Å². The monoisotopic (exact) mass is 202 g/mol. The van der Waals surface area contributed by atoms with Crippen molar-refractivity contribution in [2.24, 2.45) is 0 Å². The lowest BCUT2D eigenvalue weighted by molar-refractivity contribution is 0.776. The molecule has 0 nitrogen and oxygen atoms in total. The molecule has 0 N–H and O–H groups in total. The van der Waals surface area contributed by atoms with E-state index in [2.05, 4.69) is 16.2 Å². The van der Waals surface area contributed by atoms with E-state index in [4.69, 9.17) is 23.2 Å². The third-order valence-corrected chi connectivity index (χ3v) is 1.99. The average Bonchev–Trinajstić information content (AvgIpc) is 2.01. The van der Waals surface area contributed by atoms with Crippen molar-refractivity contribution in [3.63, 3.8) is 0 Å². The SMILES string of the molecule is CCCCCCl.PCCCl. The summed E-state index contributed by atoms with van der Waals surface area (Å²) in [4.78, 5) is 0. The number of alkyl halides is 2. The molecule has 0 aliphatic heterocycles. The quantitative estimate of drug-likeness (QED) is 0.372. The first kappa shape index (κ1) is 13.6. The van der Waals surface area contributed by atoms with Crippen LogP contribution in [0.4, 0.5) is 0 Å². The molecule has 0 amide bonds. The van der Waals surface area contributed by atoms with Gasteiger partial charge in [-0.05, 0) is 12.6 Å². The first-order valence-corrected chi connectivity index (χ1v) is 5.54. The first-order valence-electron chi connectivity index (χ1n) is 3.65. The highest BCUT2D eigenvalue weighted by Gasteiger charge is 1.76. The van der Waals surface area contributed by atoms with Crippen molar-refractivity contribution in [3.8, 4) is 0 Å². The van der Waals surface area contributed by atoms with E-state index in [9.17, 15) is 0 Å². The molecule has 0 saturated heterocycles. The smallest absolute Gasteiger partial charge is 0.0258 e. The zero-order valence-electron chi connectivity index (χ0n) is 6.58. The van der Waals surface area contributed by atoms with E-state index >= 15 is 0 Å². The zero-order chi connectivity index (χ0) is 8.24. The number of halogens is 2. The van der Waals surface area contributed by atoms with Crippen LogP contribution in [-0.4, -0.2) is 17.9 Å². The predicted octanol–water partition coefficient (Wildman–Crippen LogP) is 3.52. The van der Waals surface area contributed by atoms with E-state index in [0.717, 1.165) is 17.9 Å². The van der Waals surface area contributed by atoms with Crippen molar-refractivity contribution in [2.45, 2.75) is 26.2 Å². The normalized spacial score (nSPS) is 8.40. The molecule has 0 aromatic carbocycles. The molecule has 0 aliphatic rings. The van der Waals surface area contributed by atoms with Crippen molar-refractivity contribution in [1.82, 2.24) is 0 Å². The van der Waals surface area contributed by atoms with Gasteiger partial charge >= 0.3 is 0 Å². The molecule has 10 heavy (non-hydrogen) atoms. The minimum atomic E-state index is 0.755. The van der Waals surface area contributed by atoms with Gasteiger partial charge in [-0.1, -0.05) is 19.8 Å². The Morgan fingerprint density at radius 3 is 1.70 bits per heavy atom. The van der Waals surface area contributed by atoms with E-state index < -0.39 is 0 Å². The molecule has 64 valence electrons.